The summed E-state index contributed by atoms with van der Waals surface area (Å²) in [7, 11) is 0. The van der Waals surface area contributed by atoms with Gasteiger partial charge in [0.1, 0.15) is 5.82 Å². The predicted molar refractivity (Wildman–Crippen MR) is 63.1 cm³/mol. The standard InChI is InChI=1S/C14H16FNO/c15-12-6-2-1-5-10(12)11-9-16-13(17)14(11)7-3-4-8-14/h1-2,5-6,11H,3-4,7-9H2,(H,16,17)/t11-/m0/s1. The molecule has 1 saturated heterocycles. The van der Waals surface area contributed by atoms with Gasteiger partial charge in [0.2, 0.25) is 5.91 Å². The Balaban J connectivity index is 2.03. The number of nitrogens with one attached hydrogen (secondary N) is 1. The molecule has 1 aliphatic carbocycles. The summed E-state index contributed by atoms with van der Waals surface area (Å²) < 4.78 is 13.9. The molecule has 2 aliphatic rings. The lowest BCUT2D eigenvalue weighted by Gasteiger charge is -2.28. The van der Waals surface area contributed by atoms with Crippen molar-refractivity contribution >= 4 is 5.91 Å². The summed E-state index contributed by atoms with van der Waals surface area (Å²) in [6.45, 7) is 0.583. The quantitative estimate of drug-likeness (QED) is 0.793. The molecule has 1 aromatic rings. The molecule has 0 unspecified atom stereocenters. The first-order valence-corrected chi connectivity index (χ1v) is 6.27. The molecular formula is C14H16FNO. The molecule has 0 radical (unpaired) electrons. The highest BCUT2D eigenvalue weighted by molar-refractivity contribution is 5.86. The molecule has 2 fully saturated rings. The van der Waals surface area contributed by atoms with Gasteiger partial charge in [0, 0.05) is 12.5 Å². The maximum Gasteiger partial charge on any atom is 0.226 e. The Kier molecular flexibility index (Phi) is 2.42. The fourth-order valence-corrected chi connectivity index (χ4v) is 3.47. The lowest BCUT2D eigenvalue weighted by molar-refractivity contribution is -0.127. The van der Waals surface area contributed by atoms with E-state index in [1.165, 1.54) is 6.07 Å². The van der Waals surface area contributed by atoms with Crippen LogP contribution in [0.1, 0.15) is 37.2 Å². The van der Waals surface area contributed by atoms with Crippen LogP contribution in [-0.4, -0.2) is 12.5 Å². The van der Waals surface area contributed by atoms with Crippen molar-refractivity contribution in [2.24, 2.45) is 5.41 Å². The van der Waals surface area contributed by atoms with Gasteiger partial charge in [0.15, 0.2) is 0 Å². The molecule has 90 valence electrons. The maximum absolute atomic E-state index is 13.9. The van der Waals surface area contributed by atoms with Gasteiger partial charge in [-0.25, -0.2) is 4.39 Å². The third-order valence-corrected chi connectivity index (χ3v) is 4.36. The fourth-order valence-electron chi connectivity index (χ4n) is 3.47. The van der Waals surface area contributed by atoms with Crippen LogP contribution < -0.4 is 5.32 Å². The fraction of sp³-hybridized carbons (Fsp3) is 0.500. The minimum absolute atomic E-state index is 0.0127. The third kappa shape index (κ3) is 1.48. The third-order valence-electron chi connectivity index (χ3n) is 4.36. The van der Waals surface area contributed by atoms with E-state index in [0.29, 0.717) is 12.1 Å². The van der Waals surface area contributed by atoms with E-state index in [0.717, 1.165) is 25.7 Å². The number of halogens is 1. The van der Waals surface area contributed by atoms with E-state index in [9.17, 15) is 9.18 Å². The van der Waals surface area contributed by atoms with Crippen molar-refractivity contribution in [2.75, 3.05) is 6.54 Å². The topological polar surface area (TPSA) is 29.1 Å². The monoisotopic (exact) mass is 233 g/mol. The second-order valence-electron chi connectivity index (χ2n) is 5.15. The molecule has 1 saturated carbocycles. The second kappa shape index (κ2) is 3.83. The van der Waals surface area contributed by atoms with Crippen LogP contribution in [-0.2, 0) is 4.79 Å². The number of rotatable bonds is 1. The minimum Gasteiger partial charge on any atom is -0.355 e. The molecule has 1 N–H and O–H groups in total. The van der Waals surface area contributed by atoms with Crippen LogP contribution in [0, 0.1) is 11.2 Å². The van der Waals surface area contributed by atoms with E-state index in [1.807, 2.05) is 12.1 Å². The van der Waals surface area contributed by atoms with Crippen molar-refractivity contribution in [1.29, 1.82) is 0 Å². The van der Waals surface area contributed by atoms with Gasteiger partial charge in [0.25, 0.3) is 0 Å². The summed E-state index contributed by atoms with van der Waals surface area (Å²) in [6, 6.07) is 6.86. The van der Waals surface area contributed by atoms with Crippen molar-refractivity contribution in [3.05, 3.63) is 35.6 Å². The Labute approximate surface area is 100 Å². The first-order valence-electron chi connectivity index (χ1n) is 6.27. The molecule has 1 heterocycles. The SMILES string of the molecule is O=C1NC[C@@H](c2ccccc2F)C12CCCC2. The molecule has 0 aromatic heterocycles. The molecule has 3 rings (SSSR count). The van der Waals surface area contributed by atoms with E-state index < -0.39 is 0 Å². The zero-order valence-electron chi connectivity index (χ0n) is 9.71. The Bertz CT molecular complexity index is 451. The van der Waals surface area contributed by atoms with Crippen LogP contribution in [0.25, 0.3) is 0 Å². The second-order valence-corrected chi connectivity index (χ2v) is 5.15. The summed E-state index contributed by atoms with van der Waals surface area (Å²) in [6.07, 6.45) is 3.96. The van der Waals surface area contributed by atoms with Crippen molar-refractivity contribution in [1.82, 2.24) is 5.32 Å². The van der Waals surface area contributed by atoms with E-state index >= 15 is 0 Å². The van der Waals surface area contributed by atoms with E-state index in [2.05, 4.69) is 5.32 Å². The summed E-state index contributed by atoms with van der Waals surface area (Å²) in [5, 5.41) is 2.92. The molecule has 2 nitrogen and oxygen atoms in total. The van der Waals surface area contributed by atoms with Crippen LogP contribution >= 0.6 is 0 Å². The van der Waals surface area contributed by atoms with Crippen molar-refractivity contribution in [3.63, 3.8) is 0 Å². The Morgan fingerprint density at radius 1 is 1.24 bits per heavy atom. The van der Waals surface area contributed by atoms with Crippen molar-refractivity contribution in [2.45, 2.75) is 31.6 Å². The molecular weight excluding hydrogens is 217 g/mol. The van der Waals surface area contributed by atoms with E-state index in [1.54, 1.807) is 6.07 Å². The van der Waals surface area contributed by atoms with Crippen LogP contribution in [0.2, 0.25) is 0 Å². The highest BCUT2D eigenvalue weighted by Gasteiger charge is 2.52. The predicted octanol–water partition coefficient (Wildman–Crippen LogP) is 2.60. The van der Waals surface area contributed by atoms with E-state index in [4.69, 9.17) is 0 Å². The van der Waals surface area contributed by atoms with Crippen molar-refractivity contribution < 1.29 is 9.18 Å². The van der Waals surface area contributed by atoms with Crippen LogP contribution in [0.3, 0.4) is 0 Å². The van der Waals surface area contributed by atoms with Gasteiger partial charge >= 0.3 is 0 Å². The summed E-state index contributed by atoms with van der Waals surface area (Å²) in [5.74, 6) is -0.0396. The van der Waals surface area contributed by atoms with E-state index in [-0.39, 0.29) is 23.1 Å². The zero-order valence-corrected chi connectivity index (χ0v) is 9.71. The molecule has 0 bridgehead atoms. The largest absolute Gasteiger partial charge is 0.355 e. The smallest absolute Gasteiger partial charge is 0.226 e. The summed E-state index contributed by atoms with van der Waals surface area (Å²) in [5.41, 5.74) is 0.370. The molecule has 1 aliphatic heterocycles. The lowest BCUT2D eigenvalue weighted by atomic mass is 9.72. The van der Waals surface area contributed by atoms with Gasteiger partial charge in [-0.15, -0.1) is 0 Å². The summed E-state index contributed by atoms with van der Waals surface area (Å²) >= 11 is 0. The highest BCUT2D eigenvalue weighted by atomic mass is 19.1. The first-order chi connectivity index (χ1) is 8.24. The van der Waals surface area contributed by atoms with Crippen LogP contribution in [0.5, 0.6) is 0 Å². The summed E-state index contributed by atoms with van der Waals surface area (Å²) in [4.78, 5) is 12.1. The first kappa shape index (κ1) is 10.8. The minimum atomic E-state index is -0.331. The average molecular weight is 233 g/mol. The molecule has 1 aromatic carbocycles. The highest BCUT2D eigenvalue weighted by Crippen LogP contribution is 2.51. The number of benzene rings is 1. The van der Waals surface area contributed by atoms with Gasteiger partial charge in [-0.2, -0.15) is 0 Å². The Hall–Kier alpha value is -1.38. The molecule has 17 heavy (non-hydrogen) atoms. The zero-order chi connectivity index (χ0) is 11.9. The van der Waals surface area contributed by atoms with Gasteiger partial charge < -0.3 is 5.32 Å². The number of carbonyl (C=O) groups is 1. The molecule has 3 heteroatoms. The van der Waals surface area contributed by atoms with Crippen LogP contribution in [0.4, 0.5) is 4.39 Å². The lowest BCUT2D eigenvalue weighted by Crippen LogP contribution is -2.31. The number of carbonyl (C=O) groups excluding carboxylic acids is 1. The van der Waals surface area contributed by atoms with Gasteiger partial charge in [0.05, 0.1) is 5.41 Å². The van der Waals surface area contributed by atoms with Gasteiger partial charge in [-0.3, -0.25) is 4.79 Å². The number of hydrogen-bond donors (Lipinski definition) is 1. The molecule has 1 spiro atoms. The normalized spacial score (nSPS) is 26.4. The van der Waals surface area contributed by atoms with Crippen molar-refractivity contribution in [3.8, 4) is 0 Å². The maximum atomic E-state index is 13.9. The Morgan fingerprint density at radius 3 is 2.65 bits per heavy atom. The van der Waals surface area contributed by atoms with Gasteiger partial charge in [-0.05, 0) is 24.5 Å². The Morgan fingerprint density at radius 2 is 1.94 bits per heavy atom. The number of amides is 1. The molecule has 1 amide bonds. The van der Waals surface area contributed by atoms with Crippen LogP contribution in [0.15, 0.2) is 24.3 Å². The number of hydrogen-bond acceptors (Lipinski definition) is 1. The average Bonchev–Trinajstić information content (AvgIpc) is 2.92. The molecule has 1 atom stereocenters. The van der Waals surface area contributed by atoms with Gasteiger partial charge in [-0.1, -0.05) is 31.0 Å².